The lowest BCUT2D eigenvalue weighted by molar-refractivity contribution is -0.963. The first-order chi connectivity index (χ1) is 12.4. The minimum atomic E-state index is 0.880. The molecule has 1 aromatic heterocycles. The number of benzene rings is 1. The van der Waals surface area contributed by atoms with E-state index in [-0.39, 0.29) is 0 Å². The maximum atomic E-state index is 3.12. The highest BCUT2D eigenvalue weighted by Crippen LogP contribution is 2.12. The Morgan fingerprint density at radius 3 is 2.24 bits per heavy atom. The SMILES string of the molecule is c1ccc(N2CC[NH+](C3CC[NH+](Cc4cc[nH+]cc4)CC3)CC2)cc1. The third-order valence-electron chi connectivity index (χ3n) is 6.04. The number of rotatable bonds is 4. The van der Waals surface area contributed by atoms with Crippen LogP contribution in [-0.4, -0.2) is 45.3 Å². The second-order valence-electron chi connectivity index (χ2n) is 7.59. The molecule has 3 N–H and O–H groups in total. The van der Waals surface area contributed by atoms with E-state index in [0.29, 0.717) is 0 Å². The van der Waals surface area contributed by atoms with Crippen molar-refractivity contribution in [2.24, 2.45) is 0 Å². The van der Waals surface area contributed by atoms with Gasteiger partial charge in [-0.3, -0.25) is 0 Å². The smallest absolute Gasteiger partial charge is 0.167 e. The number of quaternary nitrogens is 2. The fraction of sp³-hybridized carbons (Fsp3) is 0.476. The average molecular weight is 340 g/mol. The van der Waals surface area contributed by atoms with Gasteiger partial charge in [0.15, 0.2) is 12.4 Å². The molecule has 0 spiro atoms. The number of hydrogen-bond acceptors (Lipinski definition) is 1. The number of para-hydroxylation sites is 1. The molecule has 2 saturated heterocycles. The fourth-order valence-electron chi connectivity index (χ4n) is 4.54. The van der Waals surface area contributed by atoms with Crippen molar-refractivity contribution in [1.82, 2.24) is 0 Å². The summed E-state index contributed by atoms with van der Waals surface area (Å²) in [6.45, 7) is 8.83. The third kappa shape index (κ3) is 4.20. The Hall–Kier alpha value is -1.91. The second-order valence-corrected chi connectivity index (χ2v) is 7.59. The van der Waals surface area contributed by atoms with Gasteiger partial charge in [0.2, 0.25) is 0 Å². The third-order valence-corrected chi connectivity index (χ3v) is 6.04. The summed E-state index contributed by atoms with van der Waals surface area (Å²) >= 11 is 0. The van der Waals surface area contributed by atoms with Gasteiger partial charge in [-0.25, -0.2) is 4.98 Å². The number of nitrogens with one attached hydrogen (secondary N) is 3. The van der Waals surface area contributed by atoms with Gasteiger partial charge in [0.05, 0.1) is 45.3 Å². The number of aromatic amines is 1. The van der Waals surface area contributed by atoms with Gasteiger partial charge in [-0.1, -0.05) is 18.2 Å². The lowest BCUT2D eigenvalue weighted by Gasteiger charge is -2.39. The van der Waals surface area contributed by atoms with Gasteiger partial charge in [-0.2, -0.15) is 0 Å². The molecule has 4 rings (SSSR count). The number of piperazine rings is 1. The standard InChI is InChI=1S/C21H28N4/c1-2-4-20(5-3-1)24-14-16-25(17-15-24)21-8-12-23(13-9-21)18-19-6-10-22-11-7-19/h1-7,10-11,21H,8-9,12-18H2/p+3. The largest absolute Gasteiger partial charge is 0.360 e. The van der Waals surface area contributed by atoms with Crippen LogP contribution in [0.25, 0.3) is 0 Å². The van der Waals surface area contributed by atoms with Gasteiger partial charge in [0.1, 0.15) is 6.54 Å². The molecular formula is C21H31N4+3. The van der Waals surface area contributed by atoms with Crippen molar-refractivity contribution < 1.29 is 14.8 Å². The summed E-state index contributed by atoms with van der Waals surface area (Å²) in [7, 11) is 0. The van der Waals surface area contributed by atoms with Gasteiger partial charge in [0.25, 0.3) is 0 Å². The summed E-state index contributed by atoms with van der Waals surface area (Å²) in [6, 6.07) is 16.2. The molecule has 0 atom stereocenters. The Labute approximate surface area is 151 Å². The Bertz CT molecular complexity index is 629. The second kappa shape index (κ2) is 7.98. The zero-order valence-electron chi connectivity index (χ0n) is 15.1. The lowest BCUT2D eigenvalue weighted by atomic mass is 10.0. The number of likely N-dealkylation sites (tertiary alicyclic amines) is 1. The number of pyridine rings is 1. The zero-order valence-corrected chi connectivity index (χ0v) is 15.1. The highest BCUT2D eigenvalue weighted by Gasteiger charge is 2.32. The first-order valence-corrected chi connectivity index (χ1v) is 9.81. The number of aromatic nitrogens is 1. The number of anilines is 1. The molecule has 2 fully saturated rings. The molecule has 2 aliphatic heterocycles. The van der Waals surface area contributed by atoms with Crippen molar-refractivity contribution in [2.75, 3.05) is 44.2 Å². The van der Waals surface area contributed by atoms with Gasteiger partial charge in [0, 0.05) is 36.2 Å². The quantitative estimate of drug-likeness (QED) is 0.768. The average Bonchev–Trinajstić information content (AvgIpc) is 2.70. The van der Waals surface area contributed by atoms with Crippen molar-refractivity contribution in [3.63, 3.8) is 0 Å². The van der Waals surface area contributed by atoms with E-state index in [4.69, 9.17) is 0 Å². The van der Waals surface area contributed by atoms with Gasteiger partial charge < -0.3 is 14.7 Å². The number of nitrogens with zero attached hydrogens (tertiary/aromatic N) is 1. The molecule has 0 saturated carbocycles. The highest BCUT2D eigenvalue weighted by atomic mass is 15.3. The molecule has 0 radical (unpaired) electrons. The normalized spacial score (nSPS) is 25.0. The zero-order chi connectivity index (χ0) is 16.9. The first-order valence-electron chi connectivity index (χ1n) is 9.81. The monoisotopic (exact) mass is 339 g/mol. The highest BCUT2D eigenvalue weighted by molar-refractivity contribution is 5.46. The molecule has 0 bridgehead atoms. The number of hydrogen-bond donors (Lipinski definition) is 2. The molecule has 25 heavy (non-hydrogen) atoms. The first kappa shape index (κ1) is 16.6. The van der Waals surface area contributed by atoms with Crippen LogP contribution in [0.1, 0.15) is 18.4 Å². The topological polar surface area (TPSA) is 26.3 Å². The van der Waals surface area contributed by atoms with E-state index in [9.17, 15) is 0 Å². The fourth-order valence-corrected chi connectivity index (χ4v) is 4.54. The Balaban J connectivity index is 1.24. The van der Waals surface area contributed by atoms with Crippen molar-refractivity contribution in [3.05, 3.63) is 60.4 Å². The van der Waals surface area contributed by atoms with E-state index in [1.807, 2.05) is 17.3 Å². The summed E-state index contributed by atoms with van der Waals surface area (Å²) in [6.07, 6.45) is 6.85. The minimum absolute atomic E-state index is 0.880. The van der Waals surface area contributed by atoms with Crippen molar-refractivity contribution in [3.8, 4) is 0 Å². The number of piperidine rings is 1. The van der Waals surface area contributed by atoms with Crippen LogP contribution < -0.4 is 19.7 Å². The summed E-state index contributed by atoms with van der Waals surface area (Å²) in [4.78, 5) is 9.27. The van der Waals surface area contributed by atoms with Crippen LogP contribution in [0, 0.1) is 0 Å². The summed E-state index contributed by atoms with van der Waals surface area (Å²) in [5, 5.41) is 0. The van der Waals surface area contributed by atoms with Crippen LogP contribution in [0.5, 0.6) is 0 Å². The van der Waals surface area contributed by atoms with E-state index in [1.54, 1.807) is 4.90 Å². The van der Waals surface area contributed by atoms with E-state index in [1.165, 1.54) is 69.9 Å². The van der Waals surface area contributed by atoms with E-state index >= 15 is 0 Å². The predicted octanol–water partition coefficient (Wildman–Crippen LogP) is -0.547. The Morgan fingerprint density at radius 2 is 1.56 bits per heavy atom. The Kier molecular flexibility index (Phi) is 5.28. The Morgan fingerprint density at radius 1 is 0.880 bits per heavy atom. The van der Waals surface area contributed by atoms with Gasteiger partial charge in [-0.15, -0.1) is 0 Å². The maximum absolute atomic E-state index is 3.12. The molecule has 0 aliphatic carbocycles. The molecule has 3 heterocycles. The van der Waals surface area contributed by atoms with Crippen molar-refractivity contribution >= 4 is 5.69 Å². The minimum Gasteiger partial charge on any atom is -0.360 e. The predicted molar refractivity (Wildman–Crippen MR) is 99.8 cm³/mol. The van der Waals surface area contributed by atoms with Crippen molar-refractivity contribution in [1.29, 1.82) is 0 Å². The van der Waals surface area contributed by atoms with E-state index in [0.717, 1.165) is 6.04 Å². The number of H-pyrrole nitrogens is 1. The van der Waals surface area contributed by atoms with Crippen molar-refractivity contribution in [2.45, 2.75) is 25.4 Å². The molecular weight excluding hydrogens is 308 g/mol. The lowest BCUT2D eigenvalue weighted by Crippen LogP contribution is -3.21. The van der Waals surface area contributed by atoms with Crippen LogP contribution in [0.3, 0.4) is 0 Å². The van der Waals surface area contributed by atoms with Crippen LogP contribution in [0.4, 0.5) is 5.69 Å². The molecule has 2 aliphatic rings. The van der Waals surface area contributed by atoms with Gasteiger partial charge >= 0.3 is 0 Å². The van der Waals surface area contributed by atoms with E-state index in [2.05, 4.69) is 52.3 Å². The molecule has 4 heteroatoms. The molecule has 4 nitrogen and oxygen atoms in total. The molecule has 1 aromatic carbocycles. The molecule has 0 amide bonds. The molecule has 132 valence electrons. The summed E-state index contributed by atoms with van der Waals surface area (Å²) in [5.74, 6) is 0. The summed E-state index contributed by atoms with van der Waals surface area (Å²) < 4.78 is 0. The molecule has 0 unspecified atom stereocenters. The maximum Gasteiger partial charge on any atom is 0.167 e. The van der Waals surface area contributed by atoms with Crippen LogP contribution in [0.2, 0.25) is 0 Å². The van der Waals surface area contributed by atoms with Crippen LogP contribution in [0.15, 0.2) is 54.9 Å². The van der Waals surface area contributed by atoms with Crippen LogP contribution >= 0.6 is 0 Å². The van der Waals surface area contributed by atoms with Gasteiger partial charge in [-0.05, 0) is 12.1 Å². The summed E-state index contributed by atoms with van der Waals surface area (Å²) in [5.41, 5.74) is 2.84. The molecule has 2 aromatic rings. The van der Waals surface area contributed by atoms with Crippen LogP contribution in [-0.2, 0) is 6.54 Å². The van der Waals surface area contributed by atoms with E-state index < -0.39 is 0 Å².